The van der Waals surface area contributed by atoms with Crippen molar-refractivity contribution in [3.05, 3.63) is 51.9 Å². The fourth-order valence-corrected chi connectivity index (χ4v) is 4.80. The number of benzene rings is 1. The van der Waals surface area contributed by atoms with Crippen molar-refractivity contribution in [2.75, 3.05) is 24.7 Å². The molecule has 0 radical (unpaired) electrons. The van der Waals surface area contributed by atoms with E-state index >= 15 is 0 Å². The Labute approximate surface area is 177 Å². The molecule has 0 spiro atoms. The summed E-state index contributed by atoms with van der Waals surface area (Å²) in [5, 5.41) is 3.07. The maximum Gasteiger partial charge on any atom is 0.325 e. The lowest BCUT2D eigenvalue weighted by Gasteiger charge is -2.13. The highest BCUT2D eigenvalue weighted by Crippen LogP contribution is 2.28. The topological polar surface area (TPSA) is 90.3 Å². The van der Waals surface area contributed by atoms with Gasteiger partial charge in [0.15, 0.2) is 5.16 Å². The quantitative estimate of drug-likeness (QED) is 0.367. The molecule has 7 nitrogen and oxygen atoms in total. The molecule has 154 valence electrons. The Morgan fingerprint density at radius 1 is 1.31 bits per heavy atom. The molecule has 0 atom stereocenters. The highest BCUT2D eigenvalue weighted by Gasteiger charge is 2.22. The van der Waals surface area contributed by atoms with Gasteiger partial charge in [0, 0.05) is 18.7 Å². The minimum atomic E-state index is -0.474. The fraction of sp³-hybridized carbons (Fsp3) is 0.400. The number of hydrogen-bond acceptors (Lipinski definition) is 7. The van der Waals surface area contributed by atoms with Gasteiger partial charge < -0.3 is 10.1 Å². The van der Waals surface area contributed by atoms with Gasteiger partial charge in [-0.15, -0.1) is 11.8 Å². The Morgan fingerprint density at radius 2 is 2.10 bits per heavy atom. The van der Waals surface area contributed by atoms with E-state index in [0.717, 1.165) is 23.4 Å². The summed E-state index contributed by atoms with van der Waals surface area (Å²) in [7, 11) is 0. The van der Waals surface area contributed by atoms with Gasteiger partial charge in [0.1, 0.15) is 6.54 Å². The van der Waals surface area contributed by atoms with E-state index in [9.17, 15) is 14.4 Å². The molecule has 0 aliphatic carbocycles. The molecule has 1 aliphatic rings. The third-order valence-electron chi connectivity index (χ3n) is 4.28. The molecule has 9 heteroatoms. The van der Waals surface area contributed by atoms with E-state index in [4.69, 9.17) is 4.74 Å². The lowest BCUT2D eigenvalue weighted by molar-refractivity contribution is -0.143. The summed E-state index contributed by atoms with van der Waals surface area (Å²) in [6.45, 7) is 2.31. The summed E-state index contributed by atoms with van der Waals surface area (Å²) < 4.78 is 6.45. The van der Waals surface area contributed by atoms with Gasteiger partial charge >= 0.3 is 5.97 Å². The Morgan fingerprint density at radius 3 is 2.86 bits per heavy atom. The van der Waals surface area contributed by atoms with Crippen LogP contribution in [-0.4, -0.2) is 46.1 Å². The van der Waals surface area contributed by atoms with Gasteiger partial charge in [-0.05, 0) is 18.9 Å². The molecule has 1 aliphatic heterocycles. The first-order valence-corrected chi connectivity index (χ1v) is 11.4. The van der Waals surface area contributed by atoms with Crippen molar-refractivity contribution in [1.29, 1.82) is 0 Å². The number of esters is 1. The molecule has 2 aromatic rings. The Bertz CT molecular complexity index is 931. The maximum absolute atomic E-state index is 13.0. The van der Waals surface area contributed by atoms with E-state index < -0.39 is 5.97 Å². The number of carbonyl (C=O) groups is 2. The molecule has 1 N–H and O–H groups in total. The molecule has 0 saturated heterocycles. The number of carbonyl (C=O) groups excluding carboxylic acids is 2. The third kappa shape index (κ3) is 5.86. The number of amides is 1. The normalized spacial score (nSPS) is 12.4. The Balaban J connectivity index is 1.69. The molecule has 0 saturated carbocycles. The summed E-state index contributed by atoms with van der Waals surface area (Å²) in [6.07, 6.45) is 1.46. The monoisotopic (exact) mass is 433 g/mol. The minimum Gasteiger partial charge on any atom is -0.465 e. The SMILES string of the molecule is CCOC(=O)CNC(=O)CSc1nc2c(c(=O)n1CCc1ccccc1)SCC2. The van der Waals surface area contributed by atoms with Crippen molar-refractivity contribution in [2.24, 2.45) is 0 Å². The standard InChI is InChI=1S/C20H23N3O4S2/c1-2-27-17(25)12-21-16(24)13-29-20-22-15-9-11-28-18(15)19(26)23(20)10-8-14-6-4-3-5-7-14/h3-7H,2,8-13H2,1H3,(H,21,24). The zero-order chi connectivity index (χ0) is 20.6. The van der Waals surface area contributed by atoms with Crippen LogP contribution in [0.3, 0.4) is 0 Å². The van der Waals surface area contributed by atoms with E-state index in [-0.39, 0.29) is 30.4 Å². The molecular weight excluding hydrogens is 410 g/mol. The first-order chi connectivity index (χ1) is 14.1. The average molecular weight is 434 g/mol. The van der Waals surface area contributed by atoms with Crippen molar-refractivity contribution in [2.45, 2.75) is 36.4 Å². The number of ether oxygens (including phenoxy) is 1. The van der Waals surface area contributed by atoms with Crippen LogP contribution in [0.2, 0.25) is 0 Å². The average Bonchev–Trinajstić information content (AvgIpc) is 3.20. The van der Waals surface area contributed by atoms with Crippen molar-refractivity contribution >= 4 is 35.4 Å². The van der Waals surface area contributed by atoms with Crippen LogP contribution in [0.5, 0.6) is 0 Å². The highest BCUT2D eigenvalue weighted by molar-refractivity contribution is 8.00. The Kier molecular flexibility index (Phi) is 7.76. The predicted molar refractivity (Wildman–Crippen MR) is 113 cm³/mol. The largest absolute Gasteiger partial charge is 0.465 e. The van der Waals surface area contributed by atoms with Crippen LogP contribution in [0.25, 0.3) is 0 Å². The summed E-state index contributed by atoms with van der Waals surface area (Å²) in [5.74, 6) is 0.146. The van der Waals surface area contributed by atoms with Crippen LogP contribution >= 0.6 is 23.5 Å². The molecule has 0 unspecified atom stereocenters. The number of nitrogens with zero attached hydrogens (tertiary/aromatic N) is 2. The van der Waals surface area contributed by atoms with Gasteiger partial charge in [0.2, 0.25) is 5.91 Å². The number of thioether (sulfide) groups is 2. The molecule has 3 rings (SSSR count). The van der Waals surface area contributed by atoms with Crippen LogP contribution in [0.1, 0.15) is 18.2 Å². The lowest BCUT2D eigenvalue weighted by atomic mass is 10.1. The number of aryl methyl sites for hydroxylation is 2. The van der Waals surface area contributed by atoms with Gasteiger partial charge in [0.25, 0.3) is 5.56 Å². The number of nitrogens with one attached hydrogen (secondary N) is 1. The summed E-state index contributed by atoms with van der Waals surface area (Å²) in [4.78, 5) is 41.8. The van der Waals surface area contributed by atoms with Crippen LogP contribution in [0, 0.1) is 0 Å². The van der Waals surface area contributed by atoms with Crippen LogP contribution in [0.4, 0.5) is 0 Å². The lowest BCUT2D eigenvalue weighted by Crippen LogP contribution is -2.32. The van der Waals surface area contributed by atoms with Gasteiger partial charge in [-0.2, -0.15) is 0 Å². The molecule has 2 heterocycles. The number of rotatable bonds is 9. The van der Waals surface area contributed by atoms with Gasteiger partial charge in [-0.3, -0.25) is 19.0 Å². The van der Waals surface area contributed by atoms with E-state index in [2.05, 4.69) is 10.3 Å². The van der Waals surface area contributed by atoms with E-state index in [1.165, 1.54) is 11.8 Å². The summed E-state index contributed by atoms with van der Waals surface area (Å²) >= 11 is 2.76. The van der Waals surface area contributed by atoms with Crippen molar-refractivity contribution in [3.63, 3.8) is 0 Å². The second-order valence-electron chi connectivity index (χ2n) is 6.33. The molecule has 1 aromatic carbocycles. The van der Waals surface area contributed by atoms with Crippen molar-refractivity contribution in [3.8, 4) is 0 Å². The van der Waals surface area contributed by atoms with Crippen LogP contribution < -0.4 is 10.9 Å². The third-order valence-corrected chi connectivity index (χ3v) is 6.37. The molecule has 0 bridgehead atoms. The van der Waals surface area contributed by atoms with Gasteiger partial charge in [-0.25, -0.2) is 4.98 Å². The zero-order valence-electron chi connectivity index (χ0n) is 16.2. The second kappa shape index (κ2) is 10.5. The highest BCUT2D eigenvalue weighted by atomic mass is 32.2. The second-order valence-corrected chi connectivity index (χ2v) is 8.38. The molecular formula is C20H23N3O4S2. The van der Waals surface area contributed by atoms with Crippen molar-refractivity contribution in [1.82, 2.24) is 14.9 Å². The molecule has 1 aromatic heterocycles. The molecule has 0 fully saturated rings. The number of fused-ring (bicyclic) bond motifs is 1. The van der Waals surface area contributed by atoms with E-state index in [0.29, 0.717) is 23.0 Å². The number of aromatic nitrogens is 2. The summed E-state index contributed by atoms with van der Waals surface area (Å²) in [5.41, 5.74) is 1.91. The smallest absolute Gasteiger partial charge is 0.325 e. The molecule has 29 heavy (non-hydrogen) atoms. The number of hydrogen-bond donors (Lipinski definition) is 1. The first kappa shape index (κ1) is 21.4. The van der Waals surface area contributed by atoms with E-state index in [1.807, 2.05) is 30.3 Å². The van der Waals surface area contributed by atoms with Gasteiger partial charge in [-0.1, -0.05) is 42.1 Å². The van der Waals surface area contributed by atoms with Crippen LogP contribution in [-0.2, 0) is 33.7 Å². The van der Waals surface area contributed by atoms with Crippen LogP contribution in [0.15, 0.2) is 45.2 Å². The van der Waals surface area contributed by atoms with E-state index in [1.54, 1.807) is 23.3 Å². The minimum absolute atomic E-state index is 0.0390. The fourth-order valence-electron chi connectivity index (χ4n) is 2.88. The first-order valence-electron chi connectivity index (χ1n) is 9.44. The van der Waals surface area contributed by atoms with Gasteiger partial charge in [0.05, 0.1) is 22.9 Å². The zero-order valence-corrected chi connectivity index (χ0v) is 17.8. The van der Waals surface area contributed by atoms with Crippen molar-refractivity contribution < 1.29 is 14.3 Å². The Hall–Kier alpha value is -2.26. The summed E-state index contributed by atoms with van der Waals surface area (Å²) in [6, 6.07) is 9.95. The predicted octanol–water partition coefficient (Wildman–Crippen LogP) is 1.91. The maximum atomic E-state index is 13.0. The molecule has 1 amide bonds.